The second-order valence-electron chi connectivity index (χ2n) is 8.53. The Morgan fingerprint density at radius 1 is 1.17 bits per heavy atom. The minimum atomic E-state index is -0.636. The molecule has 1 atom stereocenters. The monoisotopic (exact) mass is 477 g/mol. The van der Waals surface area contributed by atoms with Crippen LogP contribution in [0.1, 0.15) is 39.8 Å². The maximum Gasteiger partial charge on any atom is 0.341 e. The highest BCUT2D eigenvalue weighted by Gasteiger charge is 2.39. The normalized spacial score (nSPS) is 17.5. The molecule has 35 heavy (non-hydrogen) atoms. The highest BCUT2D eigenvalue weighted by atomic mass is 19.1. The molecule has 10 nitrogen and oxygen atoms in total. The average Bonchev–Trinajstić information content (AvgIpc) is 3.41. The number of ether oxygens (including phenoxy) is 1. The van der Waals surface area contributed by atoms with Crippen LogP contribution in [0.5, 0.6) is 5.75 Å². The highest BCUT2D eigenvalue weighted by molar-refractivity contribution is 5.95. The zero-order valence-electron chi connectivity index (χ0n) is 19.3. The quantitative estimate of drug-likeness (QED) is 0.606. The van der Waals surface area contributed by atoms with E-state index in [1.807, 2.05) is 30.3 Å². The molecule has 1 aromatic carbocycles. The minimum absolute atomic E-state index is 0.0124. The molecule has 1 saturated heterocycles. The van der Waals surface area contributed by atoms with Gasteiger partial charge in [-0.2, -0.15) is 10.2 Å². The average molecular weight is 478 g/mol. The molecular weight excluding hydrogens is 453 g/mol. The number of carbonyl (C=O) groups excluding carboxylic acids is 2. The number of nitrogens with zero attached hydrogens (tertiary/aromatic N) is 6. The molecule has 0 unspecified atom stereocenters. The molecule has 2 aliphatic heterocycles. The van der Waals surface area contributed by atoms with Gasteiger partial charge in [-0.3, -0.25) is 4.79 Å². The van der Waals surface area contributed by atoms with Crippen LogP contribution in [0.25, 0.3) is 5.82 Å². The topological polar surface area (TPSA) is 119 Å². The van der Waals surface area contributed by atoms with Crippen LogP contribution in [0, 0.1) is 19.7 Å². The molecule has 0 aliphatic carbocycles. The molecule has 3 amide bonds. The largest absolute Gasteiger partial charge is 0.483 e. The van der Waals surface area contributed by atoms with Gasteiger partial charge in [-0.1, -0.05) is 30.3 Å². The number of hydrazone groups is 1. The number of nitrogens with two attached hydrogens (primary N) is 1. The molecule has 0 saturated carbocycles. The number of halogens is 1. The van der Waals surface area contributed by atoms with Gasteiger partial charge in [-0.05, 0) is 19.4 Å². The number of urea groups is 1. The standard InChI is InChI=1S/C24H24FN7O3/c1-14-22(23(26)33)15(2)31(29-14)21-10-20(18(25)11-27-21)35-17-12-30(13-17)24(34)32-19(8-9-28-32)16-6-4-3-5-7-16/h3-7,9-11,17,19H,8,12-13H2,1-2H3,(H2,26,33)/t19-/m0/s1. The van der Waals surface area contributed by atoms with E-state index in [2.05, 4.69) is 15.2 Å². The Labute approximate surface area is 200 Å². The van der Waals surface area contributed by atoms with Crippen LogP contribution in [0.2, 0.25) is 0 Å². The predicted octanol–water partition coefficient (Wildman–Crippen LogP) is 2.74. The fourth-order valence-electron chi connectivity index (χ4n) is 4.38. The molecule has 4 heterocycles. The van der Waals surface area contributed by atoms with Crippen molar-refractivity contribution in [1.82, 2.24) is 24.7 Å². The van der Waals surface area contributed by atoms with Crippen molar-refractivity contribution in [2.24, 2.45) is 10.8 Å². The van der Waals surface area contributed by atoms with Crippen molar-refractivity contribution < 1.29 is 18.7 Å². The molecule has 0 radical (unpaired) electrons. The van der Waals surface area contributed by atoms with Gasteiger partial charge in [0.25, 0.3) is 5.91 Å². The Morgan fingerprint density at radius 2 is 1.91 bits per heavy atom. The van der Waals surface area contributed by atoms with Crippen molar-refractivity contribution >= 4 is 18.2 Å². The van der Waals surface area contributed by atoms with E-state index in [0.717, 1.165) is 11.8 Å². The van der Waals surface area contributed by atoms with Gasteiger partial charge in [0, 0.05) is 18.7 Å². The summed E-state index contributed by atoms with van der Waals surface area (Å²) >= 11 is 0. The van der Waals surface area contributed by atoms with Crippen molar-refractivity contribution in [3.05, 3.63) is 70.9 Å². The maximum atomic E-state index is 14.5. The van der Waals surface area contributed by atoms with Gasteiger partial charge in [-0.25, -0.2) is 23.9 Å². The molecule has 1 fully saturated rings. The highest BCUT2D eigenvalue weighted by Crippen LogP contribution is 2.31. The van der Waals surface area contributed by atoms with E-state index in [9.17, 15) is 14.0 Å². The number of likely N-dealkylation sites (tertiary alicyclic amines) is 1. The molecular formula is C24H24FN7O3. The zero-order chi connectivity index (χ0) is 24.7. The van der Waals surface area contributed by atoms with E-state index in [1.54, 1.807) is 25.0 Å². The lowest BCUT2D eigenvalue weighted by Gasteiger charge is -2.41. The summed E-state index contributed by atoms with van der Waals surface area (Å²) in [5.74, 6) is -0.954. The Hall–Kier alpha value is -4.28. The molecule has 2 aliphatic rings. The second-order valence-corrected chi connectivity index (χ2v) is 8.53. The third-order valence-corrected chi connectivity index (χ3v) is 6.18. The van der Waals surface area contributed by atoms with Gasteiger partial charge in [0.1, 0.15) is 6.10 Å². The third-order valence-electron chi connectivity index (χ3n) is 6.18. The van der Waals surface area contributed by atoms with Crippen molar-refractivity contribution in [3.63, 3.8) is 0 Å². The molecule has 3 aromatic rings. The van der Waals surface area contributed by atoms with Crippen LogP contribution in [-0.2, 0) is 0 Å². The number of benzene rings is 1. The number of aryl methyl sites for hydroxylation is 1. The Balaban J connectivity index is 1.26. The number of carbonyl (C=O) groups is 2. The molecule has 0 bridgehead atoms. The van der Waals surface area contributed by atoms with Gasteiger partial charge < -0.3 is 15.4 Å². The van der Waals surface area contributed by atoms with Crippen molar-refractivity contribution in [2.45, 2.75) is 32.4 Å². The molecule has 180 valence electrons. The van der Waals surface area contributed by atoms with Gasteiger partial charge in [0.2, 0.25) is 0 Å². The smallest absolute Gasteiger partial charge is 0.341 e. The summed E-state index contributed by atoms with van der Waals surface area (Å²) in [4.78, 5) is 30.4. The fraction of sp³-hybridized carbons (Fsp3) is 0.292. The van der Waals surface area contributed by atoms with E-state index < -0.39 is 11.7 Å². The molecule has 5 rings (SSSR count). The van der Waals surface area contributed by atoms with Gasteiger partial charge in [-0.15, -0.1) is 0 Å². The number of aromatic nitrogens is 3. The van der Waals surface area contributed by atoms with E-state index in [-0.39, 0.29) is 23.9 Å². The van der Waals surface area contributed by atoms with Crippen molar-refractivity contribution in [2.75, 3.05) is 13.1 Å². The SMILES string of the molecule is Cc1nn(-c2cc(OC3CN(C(=O)N4N=CC[C@H]4c4ccccc4)C3)c(F)cn2)c(C)c1C(N)=O. The minimum Gasteiger partial charge on any atom is -0.483 e. The Kier molecular flexibility index (Phi) is 5.67. The molecule has 0 spiro atoms. The van der Waals surface area contributed by atoms with E-state index >= 15 is 0 Å². The first-order valence-corrected chi connectivity index (χ1v) is 11.2. The Bertz CT molecular complexity index is 1320. The first kappa shape index (κ1) is 22.5. The van der Waals surface area contributed by atoms with Crippen LogP contribution in [-0.4, -0.2) is 62.0 Å². The summed E-state index contributed by atoms with van der Waals surface area (Å²) in [6.07, 6.45) is 3.04. The number of amides is 3. The number of rotatable bonds is 5. The van der Waals surface area contributed by atoms with Gasteiger partial charge in [0.15, 0.2) is 17.4 Å². The summed E-state index contributed by atoms with van der Waals surface area (Å²) in [7, 11) is 0. The lowest BCUT2D eigenvalue weighted by atomic mass is 10.0. The van der Waals surface area contributed by atoms with Crippen LogP contribution < -0.4 is 10.5 Å². The lowest BCUT2D eigenvalue weighted by Crippen LogP contribution is -2.58. The first-order valence-electron chi connectivity index (χ1n) is 11.2. The molecule has 11 heteroatoms. The van der Waals surface area contributed by atoms with Crippen LogP contribution in [0.4, 0.5) is 9.18 Å². The maximum absolute atomic E-state index is 14.5. The fourth-order valence-corrected chi connectivity index (χ4v) is 4.38. The van der Waals surface area contributed by atoms with Gasteiger partial charge in [0.05, 0.1) is 42.3 Å². The summed E-state index contributed by atoms with van der Waals surface area (Å²) in [6.45, 7) is 3.95. The number of primary amides is 1. The van der Waals surface area contributed by atoms with Crippen LogP contribution >= 0.6 is 0 Å². The number of hydrogen-bond donors (Lipinski definition) is 1. The van der Waals surface area contributed by atoms with Crippen molar-refractivity contribution in [3.8, 4) is 11.6 Å². The van der Waals surface area contributed by atoms with E-state index in [4.69, 9.17) is 10.5 Å². The summed E-state index contributed by atoms with van der Waals surface area (Å²) in [5.41, 5.74) is 7.70. The molecule has 2 N–H and O–H groups in total. The van der Waals surface area contributed by atoms with Gasteiger partial charge >= 0.3 is 6.03 Å². The molecule has 2 aromatic heterocycles. The summed E-state index contributed by atoms with van der Waals surface area (Å²) in [5, 5.41) is 10.0. The second kappa shape index (κ2) is 8.82. The zero-order valence-corrected chi connectivity index (χ0v) is 19.3. The van der Waals surface area contributed by atoms with E-state index in [0.29, 0.717) is 42.3 Å². The van der Waals surface area contributed by atoms with Crippen molar-refractivity contribution in [1.29, 1.82) is 0 Å². The first-order chi connectivity index (χ1) is 16.8. The predicted molar refractivity (Wildman–Crippen MR) is 125 cm³/mol. The summed E-state index contributed by atoms with van der Waals surface area (Å²) in [6, 6.07) is 10.8. The number of hydrogen-bond acceptors (Lipinski definition) is 6. The Morgan fingerprint density at radius 3 is 2.60 bits per heavy atom. The third kappa shape index (κ3) is 4.09. The van der Waals surface area contributed by atoms with Crippen LogP contribution in [0.3, 0.4) is 0 Å². The van der Waals surface area contributed by atoms with Crippen LogP contribution in [0.15, 0.2) is 47.7 Å². The van der Waals surface area contributed by atoms with E-state index in [1.165, 1.54) is 15.8 Å². The lowest BCUT2D eigenvalue weighted by molar-refractivity contribution is 0.0256. The number of pyridine rings is 1. The summed E-state index contributed by atoms with van der Waals surface area (Å²) < 4.78 is 21.7.